The zero-order valence-corrected chi connectivity index (χ0v) is 9.90. The third-order valence-corrected chi connectivity index (χ3v) is 4.81. The van der Waals surface area contributed by atoms with E-state index in [1.165, 1.54) is 14.9 Å². The standard InChI is InChI=1S/C6H15N3O3S2/c1-13(7,10)8-3-5-9(6-4-8)14(2,11)12/h7H,3-6H2,1-2H3. The van der Waals surface area contributed by atoms with Crippen LogP contribution in [0.15, 0.2) is 0 Å². The van der Waals surface area contributed by atoms with Gasteiger partial charge in [-0.15, -0.1) is 0 Å². The molecule has 0 saturated carbocycles. The van der Waals surface area contributed by atoms with E-state index in [4.69, 9.17) is 4.78 Å². The van der Waals surface area contributed by atoms with Crippen LogP contribution in [0.2, 0.25) is 0 Å². The first-order valence-electron chi connectivity index (χ1n) is 4.15. The molecule has 1 rings (SSSR count). The van der Waals surface area contributed by atoms with Gasteiger partial charge >= 0.3 is 0 Å². The van der Waals surface area contributed by atoms with Crippen LogP contribution in [0, 0.1) is 4.78 Å². The number of piperazine rings is 1. The highest BCUT2D eigenvalue weighted by Crippen LogP contribution is 2.08. The Morgan fingerprint density at radius 2 is 1.29 bits per heavy atom. The summed E-state index contributed by atoms with van der Waals surface area (Å²) in [7, 11) is -5.83. The predicted molar refractivity (Wildman–Crippen MR) is 54.8 cm³/mol. The molecule has 6 nitrogen and oxygen atoms in total. The summed E-state index contributed by atoms with van der Waals surface area (Å²) in [5.41, 5.74) is 0. The molecule has 0 aliphatic carbocycles. The molecular weight excluding hydrogens is 226 g/mol. The molecular formula is C6H15N3O3S2. The second kappa shape index (κ2) is 3.76. The lowest BCUT2D eigenvalue weighted by Crippen LogP contribution is -2.49. The van der Waals surface area contributed by atoms with Gasteiger partial charge in [0.15, 0.2) is 0 Å². The molecule has 84 valence electrons. The Hall–Kier alpha value is -0.180. The first-order chi connectivity index (χ1) is 6.21. The zero-order valence-electron chi connectivity index (χ0n) is 8.26. The van der Waals surface area contributed by atoms with Gasteiger partial charge in [0.2, 0.25) is 10.0 Å². The summed E-state index contributed by atoms with van der Waals surface area (Å²) in [6.07, 6.45) is 2.51. The molecule has 0 amide bonds. The van der Waals surface area contributed by atoms with E-state index >= 15 is 0 Å². The van der Waals surface area contributed by atoms with Crippen molar-refractivity contribution in [3.63, 3.8) is 0 Å². The van der Waals surface area contributed by atoms with E-state index in [9.17, 15) is 12.6 Å². The quantitative estimate of drug-likeness (QED) is 0.684. The number of hydrogen-bond acceptors (Lipinski definition) is 4. The van der Waals surface area contributed by atoms with Gasteiger partial charge in [-0.3, -0.25) is 0 Å². The second-order valence-electron chi connectivity index (χ2n) is 3.39. The van der Waals surface area contributed by atoms with Crippen molar-refractivity contribution in [2.45, 2.75) is 0 Å². The Morgan fingerprint density at radius 3 is 1.57 bits per heavy atom. The summed E-state index contributed by atoms with van der Waals surface area (Å²) in [4.78, 5) is 0. The van der Waals surface area contributed by atoms with Crippen LogP contribution < -0.4 is 0 Å². The van der Waals surface area contributed by atoms with Crippen molar-refractivity contribution in [3.8, 4) is 0 Å². The summed E-state index contributed by atoms with van der Waals surface area (Å²) in [5.74, 6) is 0. The Bertz CT molecular complexity index is 352. The van der Waals surface area contributed by atoms with Gasteiger partial charge in [0.25, 0.3) is 0 Å². The van der Waals surface area contributed by atoms with E-state index in [0.29, 0.717) is 26.2 Å². The first kappa shape index (κ1) is 11.9. The molecule has 1 aliphatic heterocycles. The van der Waals surface area contributed by atoms with Crippen molar-refractivity contribution < 1.29 is 12.6 Å². The van der Waals surface area contributed by atoms with Crippen molar-refractivity contribution in [1.29, 1.82) is 4.78 Å². The van der Waals surface area contributed by atoms with Crippen molar-refractivity contribution >= 4 is 19.9 Å². The molecule has 1 aliphatic rings. The van der Waals surface area contributed by atoms with Crippen LogP contribution in [-0.2, 0) is 19.9 Å². The molecule has 1 saturated heterocycles. The minimum absolute atomic E-state index is 0.322. The summed E-state index contributed by atoms with van der Waals surface area (Å²) >= 11 is 0. The van der Waals surface area contributed by atoms with Gasteiger partial charge in [0, 0.05) is 32.4 Å². The highest BCUT2D eigenvalue weighted by Gasteiger charge is 2.26. The van der Waals surface area contributed by atoms with Gasteiger partial charge in [0.05, 0.1) is 6.26 Å². The highest BCUT2D eigenvalue weighted by atomic mass is 32.2. The molecule has 1 atom stereocenters. The topological polar surface area (TPSA) is 81.5 Å². The molecule has 0 spiro atoms. The SMILES string of the molecule is CS(=N)(=O)N1CCN(S(C)(=O)=O)CC1. The van der Waals surface area contributed by atoms with E-state index in [1.807, 2.05) is 0 Å². The van der Waals surface area contributed by atoms with E-state index in [1.54, 1.807) is 0 Å². The third kappa shape index (κ3) is 2.91. The van der Waals surface area contributed by atoms with Crippen LogP contribution in [-0.4, -0.2) is 59.9 Å². The molecule has 1 fully saturated rings. The molecule has 0 aromatic carbocycles. The molecule has 1 N–H and O–H groups in total. The van der Waals surface area contributed by atoms with E-state index in [0.717, 1.165) is 6.26 Å². The van der Waals surface area contributed by atoms with Gasteiger partial charge in [-0.1, -0.05) is 0 Å². The molecule has 0 bridgehead atoms. The summed E-state index contributed by atoms with van der Waals surface area (Å²) in [6, 6.07) is 0. The fraction of sp³-hybridized carbons (Fsp3) is 1.00. The van der Waals surface area contributed by atoms with Crippen LogP contribution in [0.5, 0.6) is 0 Å². The van der Waals surface area contributed by atoms with Gasteiger partial charge < -0.3 is 0 Å². The Kier molecular flexibility index (Phi) is 3.20. The van der Waals surface area contributed by atoms with E-state index in [-0.39, 0.29) is 0 Å². The fourth-order valence-corrected chi connectivity index (χ4v) is 3.04. The lowest BCUT2D eigenvalue weighted by atomic mass is 10.4. The van der Waals surface area contributed by atoms with Crippen LogP contribution in [0.4, 0.5) is 0 Å². The molecule has 0 aromatic heterocycles. The average molecular weight is 241 g/mol. The summed E-state index contributed by atoms with van der Waals surface area (Å²) in [6.45, 7) is 1.38. The largest absolute Gasteiger partial charge is 0.240 e. The summed E-state index contributed by atoms with van der Waals surface area (Å²) < 4.78 is 43.8. The molecule has 0 aromatic rings. The number of nitrogens with zero attached hydrogens (tertiary/aromatic N) is 2. The summed E-state index contributed by atoms with van der Waals surface area (Å²) in [5, 5.41) is 0. The third-order valence-electron chi connectivity index (χ3n) is 2.16. The molecule has 1 heterocycles. The number of rotatable bonds is 2. The average Bonchev–Trinajstić information content (AvgIpc) is 2.01. The highest BCUT2D eigenvalue weighted by molar-refractivity contribution is 7.89. The van der Waals surface area contributed by atoms with E-state index in [2.05, 4.69) is 0 Å². The Balaban J connectivity index is 2.65. The Morgan fingerprint density at radius 1 is 0.929 bits per heavy atom. The fourth-order valence-electron chi connectivity index (χ4n) is 1.35. The maximum atomic E-state index is 11.3. The van der Waals surface area contributed by atoms with Gasteiger partial charge in [0.1, 0.15) is 9.92 Å². The van der Waals surface area contributed by atoms with Crippen LogP contribution in [0.3, 0.4) is 0 Å². The van der Waals surface area contributed by atoms with Crippen molar-refractivity contribution in [1.82, 2.24) is 8.61 Å². The van der Waals surface area contributed by atoms with Crippen LogP contribution >= 0.6 is 0 Å². The smallest absolute Gasteiger partial charge is 0.211 e. The predicted octanol–water partition coefficient (Wildman–Crippen LogP) is -0.845. The second-order valence-corrected chi connectivity index (χ2v) is 7.50. The van der Waals surface area contributed by atoms with Gasteiger partial charge in [-0.25, -0.2) is 21.7 Å². The maximum Gasteiger partial charge on any atom is 0.211 e. The Labute approximate surface area is 85.0 Å². The lowest BCUT2D eigenvalue weighted by Gasteiger charge is -2.32. The first-order valence-corrected chi connectivity index (χ1v) is 7.92. The van der Waals surface area contributed by atoms with Crippen molar-refractivity contribution in [3.05, 3.63) is 0 Å². The van der Waals surface area contributed by atoms with Crippen LogP contribution in [0.1, 0.15) is 0 Å². The van der Waals surface area contributed by atoms with Gasteiger partial charge in [-0.05, 0) is 0 Å². The minimum atomic E-state index is -3.14. The molecule has 8 heteroatoms. The van der Waals surface area contributed by atoms with Crippen molar-refractivity contribution in [2.24, 2.45) is 0 Å². The normalized spacial score (nSPS) is 25.9. The van der Waals surface area contributed by atoms with Crippen molar-refractivity contribution in [2.75, 3.05) is 38.7 Å². The van der Waals surface area contributed by atoms with Crippen LogP contribution in [0.25, 0.3) is 0 Å². The minimum Gasteiger partial charge on any atom is -0.240 e. The maximum absolute atomic E-state index is 11.3. The number of sulfonamides is 1. The molecule has 1 unspecified atom stereocenters. The van der Waals surface area contributed by atoms with Gasteiger partial charge in [-0.2, -0.15) is 4.31 Å². The molecule has 0 radical (unpaired) electrons. The zero-order chi connectivity index (χ0) is 11.0. The van der Waals surface area contributed by atoms with E-state index < -0.39 is 19.9 Å². The number of nitrogens with one attached hydrogen (secondary N) is 1. The molecule has 14 heavy (non-hydrogen) atoms. The monoisotopic (exact) mass is 241 g/mol. The number of hydrogen-bond donors (Lipinski definition) is 1. The lowest BCUT2D eigenvalue weighted by molar-refractivity contribution is 0.281.